The van der Waals surface area contributed by atoms with Gasteiger partial charge in [0.2, 0.25) is 0 Å². The molecular weight excluding hydrogens is 344 g/mol. The number of carbonyl (C=O) groups is 3. The zero-order valence-electron chi connectivity index (χ0n) is 14.0. The van der Waals surface area contributed by atoms with Gasteiger partial charge in [0.05, 0.1) is 22.4 Å². The number of hydrogen-bond acceptors (Lipinski definition) is 5. The van der Waals surface area contributed by atoms with E-state index in [9.17, 15) is 19.5 Å². The highest BCUT2D eigenvalue weighted by Gasteiger charge is 2.33. The van der Waals surface area contributed by atoms with Gasteiger partial charge in [0.1, 0.15) is 5.75 Å². The van der Waals surface area contributed by atoms with Crippen LogP contribution in [0.4, 0.5) is 11.4 Å². The van der Waals surface area contributed by atoms with Gasteiger partial charge < -0.3 is 16.2 Å². The van der Waals surface area contributed by atoms with Gasteiger partial charge in [0.15, 0.2) is 11.6 Å². The topological polar surface area (TPSA) is 109 Å². The van der Waals surface area contributed by atoms with Crippen LogP contribution in [0.2, 0.25) is 0 Å². The molecule has 0 fully saturated rings. The van der Waals surface area contributed by atoms with E-state index in [1.807, 2.05) is 0 Å². The molecule has 0 spiro atoms. The number of anilines is 2. The van der Waals surface area contributed by atoms with E-state index in [4.69, 9.17) is 5.73 Å². The van der Waals surface area contributed by atoms with E-state index in [0.29, 0.717) is 0 Å². The second-order valence-electron chi connectivity index (χ2n) is 6.13. The Labute approximate surface area is 154 Å². The number of ketones is 2. The van der Waals surface area contributed by atoms with Gasteiger partial charge in [-0.3, -0.25) is 14.4 Å². The van der Waals surface area contributed by atoms with Crippen LogP contribution in [-0.4, -0.2) is 22.6 Å². The second-order valence-corrected chi connectivity index (χ2v) is 6.13. The fourth-order valence-electron chi connectivity index (χ4n) is 3.23. The van der Waals surface area contributed by atoms with Crippen LogP contribution in [0.15, 0.2) is 60.7 Å². The molecule has 1 amide bonds. The SMILES string of the molecule is Nc1cccc2c1C(=O)c1cccc(NC(=O)c3ccccc3O)c1C2=O. The summed E-state index contributed by atoms with van der Waals surface area (Å²) in [7, 11) is 0. The first kappa shape index (κ1) is 16.5. The van der Waals surface area contributed by atoms with Crippen molar-refractivity contribution in [2.75, 3.05) is 11.1 Å². The van der Waals surface area contributed by atoms with Gasteiger partial charge in [-0.15, -0.1) is 0 Å². The maximum atomic E-state index is 13.0. The number of phenols is 1. The van der Waals surface area contributed by atoms with Crippen molar-refractivity contribution in [1.29, 1.82) is 0 Å². The summed E-state index contributed by atoms with van der Waals surface area (Å²) in [6, 6.07) is 15.4. The Bertz CT molecular complexity index is 1130. The highest BCUT2D eigenvalue weighted by atomic mass is 16.3. The van der Waals surface area contributed by atoms with Crippen LogP contribution in [0.25, 0.3) is 0 Å². The minimum atomic E-state index is -0.583. The first-order chi connectivity index (χ1) is 13.0. The fraction of sp³-hybridized carbons (Fsp3) is 0. The zero-order valence-corrected chi connectivity index (χ0v) is 14.0. The summed E-state index contributed by atoms with van der Waals surface area (Å²) in [5.74, 6) is -1.52. The van der Waals surface area contributed by atoms with Crippen molar-refractivity contribution in [2.45, 2.75) is 0 Å². The third-order valence-electron chi connectivity index (χ3n) is 4.50. The smallest absolute Gasteiger partial charge is 0.259 e. The number of nitrogens with two attached hydrogens (primary N) is 1. The zero-order chi connectivity index (χ0) is 19.1. The third kappa shape index (κ3) is 2.55. The second kappa shape index (κ2) is 6.10. The average Bonchev–Trinajstić information content (AvgIpc) is 2.66. The molecular formula is C21H14N2O4. The van der Waals surface area contributed by atoms with E-state index >= 15 is 0 Å². The Balaban J connectivity index is 1.81. The first-order valence-electron chi connectivity index (χ1n) is 8.19. The van der Waals surface area contributed by atoms with E-state index in [2.05, 4.69) is 5.32 Å². The Morgan fingerprint density at radius 2 is 1.44 bits per heavy atom. The Morgan fingerprint density at radius 3 is 2.19 bits per heavy atom. The van der Waals surface area contributed by atoms with Gasteiger partial charge in [-0.2, -0.15) is 0 Å². The van der Waals surface area contributed by atoms with E-state index in [-0.39, 0.29) is 56.5 Å². The van der Waals surface area contributed by atoms with Crippen LogP contribution in [0.5, 0.6) is 5.75 Å². The monoisotopic (exact) mass is 358 g/mol. The summed E-state index contributed by atoms with van der Waals surface area (Å²) in [6.45, 7) is 0. The van der Waals surface area contributed by atoms with Gasteiger partial charge in [0, 0.05) is 16.8 Å². The van der Waals surface area contributed by atoms with Crippen LogP contribution >= 0.6 is 0 Å². The maximum Gasteiger partial charge on any atom is 0.259 e. The molecule has 4 rings (SSSR count). The summed E-state index contributed by atoms with van der Waals surface area (Å²) < 4.78 is 0. The van der Waals surface area contributed by atoms with E-state index in [0.717, 1.165) is 0 Å². The molecule has 0 unspecified atom stereocenters. The van der Waals surface area contributed by atoms with E-state index < -0.39 is 5.91 Å². The molecule has 0 saturated heterocycles. The minimum Gasteiger partial charge on any atom is -0.507 e. The van der Waals surface area contributed by atoms with Crippen LogP contribution in [-0.2, 0) is 0 Å². The number of fused-ring (bicyclic) bond motifs is 2. The normalized spacial score (nSPS) is 12.3. The van der Waals surface area contributed by atoms with Gasteiger partial charge in [0.25, 0.3) is 5.91 Å². The predicted molar refractivity (Wildman–Crippen MR) is 100 cm³/mol. The number of nitrogen functional groups attached to an aromatic ring is 1. The van der Waals surface area contributed by atoms with Crippen LogP contribution in [0.1, 0.15) is 42.2 Å². The number of phenolic OH excluding ortho intramolecular Hbond substituents is 1. The molecule has 6 nitrogen and oxygen atoms in total. The lowest BCUT2D eigenvalue weighted by Gasteiger charge is -2.21. The lowest BCUT2D eigenvalue weighted by Crippen LogP contribution is -2.25. The number of benzene rings is 3. The van der Waals surface area contributed by atoms with Crippen molar-refractivity contribution in [2.24, 2.45) is 0 Å². The molecule has 1 aliphatic carbocycles. The lowest BCUT2D eigenvalue weighted by molar-refractivity contribution is 0.0979. The number of para-hydroxylation sites is 1. The van der Waals surface area contributed by atoms with Crippen molar-refractivity contribution in [3.8, 4) is 5.75 Å². The lowest BCUT2D eigenvalue weighted by atomic mass is 9.82. The fourth-order valence-corrected chi connectivity index (χ4v) is 3.23. The van der Waals surface area contributed by atoms with E-state index in [1.165, 1.54) is 24.3 Å². The molecule has 3 aromatic carbocycles. The Hall–Kier alpha value is -3.93. The van der Waals surface area contributed by atoms with Crippen molar-refractivity contribution >= 4 is 28.8 Å². The summed E-state index contributed by atoms with van der Waals surface area (Å²) in [5.41, 5.74) is 7.07. The quantitative estimate of drug-likeness (QED) is 0.477. The van der Waals surface area contributed by atoms with Crippen molar-refractivity contribution < 1.29 is 19.5 Å². The molecule has 4 N–H and O–H groups in total. The molecule has 3 aromatic rings. The summed E-state index contributed by atoms with van der Waals surface area (Å²) in [5, 5.41) is 12.5. The minimum absolute atomic E-state index is 0.0642. The molecule has 0 aromatic heterocycles. The highest BCUT2D eigenvalue weighted by Crippen LogP contribution is 2.34. The maximum absolute atomic E-state index is 13.0. The third-order valence-corrected chi connectivity index (χ3v) is 4.50. The van der Waals surface area contributed by atoms with Crippen molar-refractivity contribution in [3.63, 3.8) is 0 Å². The van der Waals surface area contributed by atoms with Crippen LogP contribution in [0, 0.1) is 0 Å². The number of carbonyl (C=O) groups excluding carboxylic acids is 3. The molecule has 0 radical (unpaired) electrons. The Kier molecular flexibility index (Phi) is 3.74. The van der Waals surface area contributed by atoms with Gasteiger partial charge >= 0.3 is 0 Å². The molecule has 132 valence electrons. The number of nitrogens with one attached hydrogen (secondary N) is 1. The van der Waals surface area contributed by atoms with Crippen molar-refractivity contribution in [1.82, 2.24) is 0 Å². The number of rotatable bonds is 2. The highest BCUT2D eigenvalue weighted by molar-refractivity contribution is 6.32. The molecule has 0 bridgehead atoms. The first-order valence-corrected chi connectivity index (χ1v) is 8.19. The van der Waals surface area contributed by atoms with Crippen molar-refractivity contribution in [3.05, 3.63) is 88.5 Å². The molecule has 6 heteroatoms. The van der Waals surface area contributed by atoms with Crippen LogP contribution in [0.3, 0.4) is 0 Å². The largest absolute Gasteiger partial charge is 0.507 e. The molecule has 0 atom stereocenters. The summed E-state index contributed by atoms with van der Waals surface area (Å²) in [4.78, 5) is 38.4. The van der Waals surface area contributed by atoms with Crippen LogP contribution < -0.4 is 11.1 Å². The van der Waals surface area contributed by atoms with Gasteiger partial charge in [-0.1, -0.05) is 36.4 Å². The predicted octanol–water partition coefficient (Wildman–Crippen LogP) is 3.00. The molecule has 0 saturated carbocycles. The molecule has 27 heavy (non-hydrogen) atoms. The number of amides is 1. The number of aromatic hydroxyl groups is 1. The average molecular weight is 358 g/mol. The van der Waals surface area contributed by atoms with Gasteiger partial charge in [-0.25, -0.2) is 0 Å². The molecule has 0 aliphatic heterocycles. The Morgan fingerprint density at radius 1 is 0.815 bits per heavy atom. The summed E-state index contributed by atoms with van der Waals surface area (Å²) >= 11 is 0. The van der Waals surface area contributed by atoms with E-state index in [1.54, 1.807) is 36.4 Å². The molecule has 0 heterocycles. The molecule has 1 aliphatic rings. The summed E-state index contributed by atoms with van der Waals surface area (Å²) in [6.07, 6.45) is 0. The van der Waals surface area contributed by atoms with Gasteiger partial charge in [-0.05, 0) is 24.3 Å². The number of hydrogen-bond donors (Lipinski definition) is 3. The standard InChI is InChI=1S/C21H14N2O4/c22-14-8-3-6-12-17(14)19(25)13-7-4-9-15(18(13)20(12)26)23-21(27)11-5-1-2-10-16(11)24/h1-10,24H,22H2,(H,23,27).